The lowest BCUT2D eigenvalue weighted by molar-refractivity contribution is -0.118. The van der Waals surface area contributed by atoms with Crippen LogP contribution in [0, 0.1) is 11.3 Å². The number of benzene rings is 1. The predicted molar refractivity (Wildman–Crippen MR) is 148 cm³/mol. The maximum Gasteiger partial charge on any atom is 0.262 e. The van der Waals surface area contributed by atoms with E-state index in [1.54, 1.807) is 6.92 Å². The summed E-state index contributed by atoms with van der Waals surface area (Å²) in [6.07, 6.45) is 4.68. The molecule has 1 aromatic heterocycles. The van der Waals surface area contributed by atoms with Gasteiger partial charge in [0.05, 0.1) is 13.2 Å². The van der Waals surface area contributed by atoms with Crippen LogP contribution in [-0.4, -0.2) is 58.9 Å². The van der Waals surface area contributed by atoms with E-state index in [0.717, 1.165) is 59.4 Å². The summed E-state index contributed by atoms with van der Waals surface area (Å²) in [5.41, 5.74) is 3.94. The van der Waals surface area contributed by atoms with Crippen molar-refractivity contribution in [2.75, 3.05) is 32.9 Å². The van der Waals surface area contributed by atoms with Crippen LogP contribution in [0.3, 0.4) is 0 Å². The third kappa shape index (κ3) is 6.59. The monoisotopic (exact) mass is 502 g/mol. The highest BCUT2D eigenvalue weighted by Crippen LogP contribution is 2.26. The van der Waals surface area contributed by atoms with Crippen molar-refractivity contribution < 1.29 is 14.6 Å². The number of hydrogen-bond donors (Lipinski definition) is 2. The summed E-state index contributed by atoms with van der Waals surface area (Å²) in [5, 5.41) is 23.9. The Morgan fingerprint density at radius 1 is 1.27 bits per heavy atom. The van der Waals surface area contributed by atoms with E-state index in [1.165, 1.54) is 0 Å². The maximum atomic E-state index is 12.9. The molecule has 3 rings (SSSR count). The molecule has 0 radical (unpaired) electrons. The normalized spacial score (nSPS) is 15.9. The molecule has 2 N–H and O–H groups in total. The largest absolute Gasteiger partial charge is 0.396 e. The second-order valence-corrected chi connectivity index (χ2v) is 9.96. The number of carbonyl (C=O) groups excluding carboxylic acids is 1. The van der Waals surface area contributed by atoms with Gasteiger partial charge in [0.15, 0.2) is 0 Å². The number of allylic oxidation sites excluding steroid dienone is 3. The van der Waals surface area contributed by atoms with Crippen molar-refractivity contribution in [1.29, 1.82) is 5.26 Å². The summed E-state index contributed by atoms with van der Waals surface area (Å²) >= 11 is 0. The lowest BCUT2D eigenvalue weighted by Crippen LogP contribution is -2.44. The molecule has 1 aliphatic heterocycles. The van der Waals surface area contributed by atoms with Gasteiger partial charge >= 0.3 is 0 Å². The summed E-state index contributed by atoms with van der Waals surface area (Å²) in [4.78, 5) is 15.2. The standard InChI is InChI=1S/C30H38N4O3/c1-7-25(34-13-16-37-17-14-34)19-23-8-9-24(18-21(23)2)28-11-10-27(33(28)6)22(3)26(20-31)29(36)32-30(4,5)12-15-35/h7-11,18-19,35H,2,12-17H2,1,3-6H3,(H,32,36)/b23-19-,25-7+,26-22+. The lowest BCUT2D eigenvalue weighted by Gasteiger charge is -2.29. The summed E-state index contributed by atoms with van der Waals surface area (Å²) in [5.74, 6) is -0.443. The molecular formula is C30H38N4O3. The number of nitrogens with one attached hydrogen (secondary N) is 1. The first-order chi connectivity index (χ1) is 17.6. The van der Waals surface area contributed by atoms with Crippen molar-refractivity contribution >= 4 is 24.1 Å². The van der Waals surface area contributed by atoms with Crippen LogP contribution < -0.4 is 15.8 Å². The number of hydrogen-bond acceptors (Lipinski definition) is 5. The van der Waals surface area contributed by atoms with E-state index in [1.807, 2.05) is 44.5 Å². The van der Waals surface area contributed by atoms with Crippen LogP contribution in [0.1, 0.15) is 39.8 Å². The van der Waals surface area contributed by atoms with Crippen LogP contribution in [0.4, 0.5) is 0 Å². The Bertz CT molecular complexity index is 1350. The molecule has 2 aromatic rings. The highest BCUT2D eigenvalue weighted by Gasteiger charge is 2.24. The minimum atomic E-state index is -0.620. The Kier molecular flexibility index (Phi) is 9.14. The van der Waals surface area contributed by atoms with Crippen LogP contribution >= 0.6 is 0 Å². The fourth-order valence-electron chi connectivity index (χ4n) is 4.57. The molecule has 1 aromatic carbocycles. The van der Waals surface area contributed by atoms with Gasteiger partial charge in [-0.05, 0) is 80.0 Å². The number of aliphatic hydroxyl groups excluding tert-OH is 1. The zero-order valence-electron chi connectivity index (χ0n) is 22.6. The van der Waals surface area contributed by atoms with Gasteiger partial charge in [-0.2, -0.15) is 5.26 Å². The number of carbonyl (C=O) groups is 1. The topological polar surface area (TPSA) is 90.5 Å². The minimum Gasteiger partial charge on any atom is -0.396 e. The highest BCUT2D eigenvalue weighted by molar-refractivity contribution is 6.04. The smallest absolute Gasteiger partial charge is 0.262 e. The van der Waals surface area contributed by atoms with E-state index in [2.05, 4.69) is 53.2 Å². The molecule has 7 nitrogen and oxygen atoms in total. The van der Waals surface area contributed by atoms with Crippen LogP contribution in [0.15, 0.2) is 47.7 Å². The molecule has 7 heteroatoms. The molecule has 0 bridgehead atoms. The van der Waals surface area contributed by atoms with E-state index < -0.39 is 11.4 Å². The van der Waals surface area contributed by atoms with Crippen LogP contribution in [-0.2, 0) is 16.6 Å². The van der Waals surface area contributed by atoms with E-state index in [4.69, 9.17) is 4.74 Å². The van der Waals surface area contributed by atoms with E-state index in [-0.39, 0.29) is 12.2 Å². The zero-order valence-corrected chi connectivity index (χ0v) is 22.6. The van der Waals surface area contributed by atoms with Gasteiger partial charge in [-0.25, -0.2) is 0 Å². The molecule has 1 fully saturated rings. The number of morpholine rings is 1. The van der Waals surface area contributed by atoms with Gasteiger partial charge in [-0.1, -0.05) is 24.8 Å². The third-order valence-corrected chi connectivity index (χ3v) is 6.82. The Morgan fingerprint density at radius 3 is 2.57 bits per heavy atom. The van der Waals surface area contributed by atoms with E-state index in [9.17, 15) is 15.2 Å². The molecule has 0 unspecified atom stereocenters. The first kappa shape index (κ1) is 28.0. The summed E-state index contributed by atoms with van der Waals surface area (Å²) in [6, 6.07) is 12.2. The van der Waals surface area contributed by atoms with Gasteiger partial charge in [0.1, 0.15) is 11.6 Å². The van der Waals surface area contributed by atoms with Gasteiger partial charge in [-0.15, -0.1) is 0 Å². The SMILES string of the molecule is C=c1cc(-c2ccc(/C(C)=C(\C#N)C(=O)NC(C)(C)CCO)n2C)cc/c1=C/C(=C\C)N1CCOCC1. The number of nitrogens with zero attached hydrogens (tertiary/aromatic N) is 3. The zero-order chi connectivity index (χ0) is 27.2. The van der Waals surface area contributed by atoms with Crippen molar-refractivity contribution in [3.05, 3.63) is 63.8 Å². The van der Waals surface area contributed by atoms with Gasteiger partial charge in [0.25, 0.3) is 5.91 Å². The van der Waals surface area contributed by atoms with Crippen LogP contribution in [0.25, 0.3) is 29.5 Å². The molecule has 1 aliphatic rings. The summed E-state index contributed by atoms with van der Waals surface area (Å²) in [7, 11) is 1.93. The summed E-state index contributed by atoms with van der Waals surface area (Å²) in [6.45, 7) is 14.9. The minimum absolute atomic E-state index is 0.0485. The Morgan fingerprint density at radius 2 is 1.97 bits per heavy atom. The summed E-state index contributed by atoms with van der Waals surface area (Å²) < 4.78 is 7.47. The molecule has 2 heterocycles. The molecular weight excluding hydrogens is 464 g/mol. The van der Waals surface area contributed by atoms with Crippen molar-refractivity contribution in [2.45, 2.75) is 39.7 Å². The van der Waals surface area contributed by atoms with Crippen molar-refractivity contribution in [2.24, 2.45) is 7.05 Å². The maximum absolute atomic E-state index is 12.9. The third-order valence-electron chi connectivity index (χ3n) is 6.82. The van der Waals surface area contributed by atoms with Crippen molar-refractivity contribution in [3.63, 3.8) is 0 Å². The quantitative estimate of drug-likeness (QED) is 0.428. The lowest BCUT2D eigenvalue weighted by atomic mass is 9.99. The molecule has 0 aliphatic carbocycles. The fraction of sp³-hybridized carbons (Fsp3) is 0.400. The van der Waals surface area contributed by atoms with Gasteiger partial charge in [-0.3, -0.25) is 4.79 Å². The molecule has 0 spiro atoms. The Hall–Kier alpha value is -3.60. The molecule has 37 heavy (non-hydrogen) atoms. The molecule has 1 amide bonds. The van der Waals surface area contributed by atoms with Crippen molar-refractivity contribution in [1.82, 2.24) is 14.8 Å². The van der Waals surface area contributed by atoms with Gasteiger partial charge in [0.2, 0.25) is 0 Å². The molecule has 0 atom stereocenters. The molecule has 196 valence electrons. The van der Waals surface area contributed by atoms with Gasteiger partial charge in [0, 0.05) is 49.4 Å². The number of ether oxygens (including phenoxy) is 1. The highest BCUT2D eigenvalue weighted by atomic mass is 16.5. The number of aliphatic hydroxyl groups is 1. The molecule has 1 saturated heterocycles. The predicted octanol–water partition coefficient (Wildman–Crippen LogP) is 2.69. The van der Waals surface area contributed by atoms with Crippen LogP contribution in [0.2, 0.25) is 0 Å². The van der Waals surface area contributed by atoms with E-state index >= 15 is 0 Å². The second kappa shape index (κ2) is 12.1. The number of aromatic nitrogens is 1. The first-order valence-corrected chi connectivity index (χ1v) is 12.6. The van der Waals surface area contributed by atoms with Gasteiger partial charge < -0.3 is 24.6 Å². The second-order valence-electron chi connectivity index (χ2n) is 9.96. The van der Waals surface area contributed by atoms with Crippen molar-refractivity contribution in [3.8, 4) is 17.3 Å². The average molecular weight is 503 g/mol. The van der Waals surface area contributed by atoms with E-state index in [0.29, 0.717) is 12.0 Å². The number of rotatable bonds is 8. The number of nitriles is 1. The average Bonchev–Trinajstić information content (AvgIpc) is 3.25. The Labute approximate surface area is 219 Å². The molecule has 0 saturated carbocycles. The van der Waals surface area contributed by atoms with Crippen LogP contribution in [0.5, 0.6) is 0 Å². The number of amides is 1. The fourth-order valence-corrected chi connectivity index (χ4v) is 4.57. The Balaban J connectivity index is 1.92. The first-order valence-electron chi connectivity index (χ1n) is 12.6.